The van der Waals surface area contributed by atoms with Gasteiger partial charge in [0.05, 0.1) is 21.2 Å². The Morgan fingerprint density at radius 3 is 2.62 bits per heavy atom. The summed E-state index contributed by atoms with van der Waals surface area (Å²) in [7, 11) is -3.65. The molecule has 0 saturated carbocycles. The summed E-state index contributed by atoms with van der Waals surface area (Å²) in [6.45, 7) is 2.48. The van der Waals surface area contributed by atoms with Gasteiger partial charge in [0.2, 0.25) is 0 Å². The number of piperidine rings is 1. The number of pyridine rings is 1. The van der Waals surface area contributed by atoms with Gasteiger partial charge in [-0.2, -0.15) is 0 Å². The molecule has 0 radical (unpaired) electrons. The molecule has 1 aliphatic rings. The lowest BCUT2D eigenvalue weighted by atomic mass is 10.1. The average molecular weight is 412 g/mol. The highest BCUT2D eigenvalue weighted by Gasteiger charge is 2.34. The molecule has 1 aromatic heterocycles. The number of amides is 1. The molecule has 1 fully saturated rings. The maximum atomic E-state index is 13.2. The second kappa shape index (κ2) is 7.55. The van der Waals surface area contributed by atoms with E-state index in [9.17, 15) is 17.6 Å². The van der Waals surface area contributed by atoms with Gasteiger partial charge in [-0.3, -0.25) is 9.78 Å². The van der Waals surface area contributed by atoms with Gasteiger partial charge in [0.25, 0.3) is 5.91 Å². The van der Waals surface area contributed by atoms with Crippen molar-refractivity contribution >= 4 is 26.6 Å². The lowest BCUT2D eigenvalue weighted by Crippen LogP contribution is -2.45. The first-order valence-corrected chi connectivity index (χ1v) is 11.1. The number of carbonyl (C=O) groups is 1. The number of hydrogen-bond donors (Lipinski definition) is 0. The largest absolute Gasteiger partial charge is 0.337 e. The van der Waals surface area contributed by atoms with Gasteiger partial charge in [-0.05, 0) is 56.2 Å². The summed E-state index contributed by atoms with van der Waals surface area (Å²) >= 11 is 0. The number of aryl methyl sites for hydroxylation is 1. The molecule has 4 rings (SSSR count). The van der Waals surface area contributed by atoms with Crippen molar-refractivity contribution in [1.82, 2.24) is 9.88 Å². The van der Waals surface area contributed by atoms with E-state index in [1.165, 1.54) is 12.1 Å². The number of rotatable bonds is 3. The molecule has 3 aromatic rings. The highest BCUT2D eigenvalue weighted by atomic mass is 32.2. The van der Waals surface area contributed by atoms with Crippen LogP contribution in [-0.2, 0) is 9.84 Å². The number of carbonyl (C=O) groups excluding carboxylic acids is 1. The molecule has 5 nitrogen and oxygen atoms in total. The predicted molar refractivity (Wildman–Crippen MR) is 109 cm³/mol. The van der Waals surface area contributed by atoms with E-state index in [2.05, 4.69) is 4.98 Å². The third kappa shape index (κ3) is 3.74. The second-order valence-electron chi connectivity index (χ2n) is 7.34. The summed E-state index contributed by atoms with van der Waals surface area (Å²) in [5.74, 6) is -0.698. The van der Waals surface area contributed by atoms with Crippen molar-refractivity contribution < 1.29 is 17.6 Å². The Morgan fingerprint density at radius 2 is 1.86 bits per heavy atom. The molecular weight excluding hydrogens is 391 g/mol. The molecule has 1 aliphatic heterocycles. The fourth-order valence-corrected chi connectivity index (χ4v) is 5.53. The summed E-state index contributed by atoms with van der Waals surface area (Å²) < 4.78 is 39.2. The number of sulfone groups is 1. The number of para-hydroxylation sites is 1. The van der Waals surface area contributed by atoms with Gasteiger partial charge < -0.3 is 4.90 Å². The number of likely N-dealkylation sites (tertiary alicyclic amines) is 1. The van der Waals surface area contributed by atoms with Crippen LogP contribution in [0.2, 0.25) is 0 Å². The van der Waals surface area contributed by atoms with E-state index >= 15 is 0 Å². The lowest BCUT2D eigenvalue weighted by Gasteiger charge is -2.32. The average Bonchev–Trinajstić information content (AvgIpc) is 2.73. The first-order chi connectivity index (χ1) is 13.9. The molecular formula is C22H21FN2O3S. The molecule has 1 saturated heterocycles. The van der Waals surface area contributed by atoms with Gasteiger partial charge in [-0.1, -0.05) is 18.2 Å². The van der Waals surface area contributed by atoms with Crippen LogP contribution < -0.4 is 0 Å². The molecule has 150 valence electrons. The highest BCUT2D eigenvalue weighted by Crippen LogP contribution is 2.26. The summed E-state index contributed by atoms with van der Waals surface area (Å²) in [5, 5.41) is 0.157. The normalized spacial score (nSPS) is 17.4. The van der Waals surface area contributed by atoms with Crippen LogP contribution in [0.3, 0.4) is 0 Å². The number of hydrogen-bond acceptors (Lipinski definition) is 4. The minimum Gasteiger partial charge on any atom is -0.337 e. The SMILES string of the molecule is Cc1ccc2cccc(C(=O)N3CCC[C@H](S(=O)(=O)c4ccc(F)cc4)C3)c2n1. The Hall–Kier alpha value is -2.80. The smallest absolute Gasteiger partial charge is 0.256 e. The van der Waals surface area contributed by atoms with E-state index < -0.39 is 20.9 Å². The summed E-state index contributed by atoms with van der Waals surface area (Å²) in [6, 6.07) is 14.1. The Bertz CT molecular complexity index is 1180. The standard InChI is InChI=1S/C22H21FN2O3S/c1-15-7-8-16-4-2-6-20(21(16)24-15)22(26)25-13-3-5-19(14-25)29(27,28)18-11-9-17(23)10-12-18/h2,4,6-12,19H,3,5,13-14H2,1H3/t19-/m0/s1. The van der Waals surface area contributed by atoms with Crippen molar-refractivity contribution in [3.8, 4) is 0 Å². The minimum atomic E-state index is -3.65. The van der Waals surface area contributed by atoms with Gasteiger partial charge in [-0.15, -0.1) is 0 Å². The van der Waals surface area contributed by atoms with Crippen molar-refractivity contribution in [1.29, 1.82) is 0 Å². The van der Waals surface area contributed by atoms with E-state index in [4.69, 9.17) is 0 Å². The third-order valence-electron chi connectivity index (χ3n) is 5.34. The molecule has 29 heavy (non-hydrogen) atoms. The van der Waals surface area contributed by atoms with Crippen LogP contribution in [0.4, 0.5) is 4.39 Å². The zero-order chi connectivity index (χ0) is 20.6. The van der Waals surface area contributed by atoms with Crippen molar-refractivity contribution in [2.75, 3.05) is 13.1 Å². The minimum absolute atomic E-state index is 0.0839. The van der Waals surface area contributed by atoms with Crippen LogP contribution in [0, 0.1) is 12.7 Å². The van der Waals surface area contributed by atoms with Crippen LogP contribution in [-0.4, -0.2) is 42.5 Å². The van der Waals surface area contributed by atoms with Gasteiger partial charge in [0, 0.05) is 24.2 Å². The quantitative estimate of drug-likeness (QED) is 0.615. The molecule has 0 N–H and O–H groups in total. The monoisotopic (exact) mass is 412 g/mol. The van der Waals surface area contributed by atoms with Crippen LogP contribution in [0.1, 0.15) is 28.9 Å². The number of fused-ring (bicyclic) bond motifs is 1. The topological polar surface area (TPSA) is 67.3 Å². The van der Waals surface area contributed by atoms with Gasteiger partial charge in [-0.25, -0.2) is 12.8 Å². The number of nitrogens with zero attached hydrogens (tertiary/aromatic N) is 2. The third-order valence-corrected chi connectivity index (χ3v) is 7.53. The predicted octanol–water partition coefficient (Wildman–Crippen LogP) is 3.76. The zero-order valence-electron chi connectivity index (χ0n) is 16.0. The molecule has 0 bridgehead atoms. The van der Waals surface area contributed by atoms with Crippen molar-refractivity contribution in [2.45, 2.75) is 29.9 Å². The highest BCUT2D eigenvalue weighted by molar-refractivity contribution is 7.92. The van der Waals surface area contributed by atoms with Gasteiger partial charge in [0.1, 0.15) is 5.82 Å². The molecule has 7 heteroatoms. The summed E-state index contributed by atoms with van der Waals surface area (Å²) in [4.78, 5) is 19.4. The zero-order valence-corrected chi connectivity index (χ0v) is 16.8. The Balaban J connectivity index is 1.63. The maximum absolute atomic E-state index is 13.2. The fourth-order valence-electron chi connectivity index (χ4n) is 3.78. The first-order valence-electron chi connectivity index (χ1n) is 9.51. The number of benzene rings is 2. The molecule has 2 aromatic carbocycles. The van der Waals surface area contributed by atoms with Crippen LogP contribution in [0.5, 0.6) is 0 Å². The van der Waals surface area contributed by atoms with Crippen molar-refractivity contribution in [2.24, 2.45) is 0 Å². The van der Waals surface area contributed by atoms with Crippen LogP contribution >= 0.6 is 0 Å². The molecule has 1 amide bonds. The lowest BCUT2D eigenvalue weighted by molar-refractivity contribution is 0.0728. The molecule has 0 spiro atoms. The summed E-state index contributed by atoms with van der Waals surface area (Å²) in [5.41, 5.74) is 1.92. The molecule has 0 aliphatic carbocycles. The Kier molecular flexibility index (Phi) is 5.08. The molecule has 1 atom stereocenters. The fraction of sp³-hybridized carbons (Fsp3) is 0.273. The molecule has 0 unspecified atom stereocenters. The Labute approximate surface area is 169 Å². The van der Waals surface area contributed by atoms with Crippen LogP contribution in [0.25, 0.3) is 10.9 Å². The second-order valence-corrected chi connectivity index (χ2v) is 9.57. The number of halogens is 1. The van der Waals surface area contributed by atoms with Crippen LogP contribution in [0.15, 0.2) is 59.5 Å². The maximum Gasteiger partial charge on any atom is 0.256 e. The van der Waals surface area contributed by atoms with E-state index in [1.807, 2.05) is 31.2 Å². The van der Waals surface area contributed by atoms with Crippen molar-refractivity contribution in [3.05, 3.63) is 71.7 Å². The van der Waals surface area contributed by atoms with Gasteiger partial charge in [0.15, 0.2) is 9.84 Å². The van der Waals surface area contributed by atoms with Crippen molar-refractivity contribution in [3.63, 3.8) is 0 Å². The van der Waals surface area contributed by atoms with Gasteiger partial charge >= 0.3 is 0 Å². The number of aromatic nitrogens is 1. The van der Waals surface area contributed by atoms with E-state index in [-0.39, 0.29) is 17.3 Å². The van der Waals surface area contributed by atoms with E-state index in [0.717, 1.165) is 23.2 Å². The summed E-state index contributed by atoms with van der Waals surface area (Å²) in [6.07, 6.45) is 1.06. The van der Waals surface area contributed by atoms with E-state index in [1.54, 1.807) is 11.0 Å². The first kappa shape index (κ1) is 19.5. The molecule has 2 heterocycles. The van der Waals surface area contributed by atoms with E-state index in [0.29, 0.717) is 30.5 Å². The Morgan fingerprint density at radius 1 is 1.10 bits per heavy atom.